The third-order valence-electron chi connectivity index (χ3n) is 13.2. The summed E-state index contributed by atoms with van der Waals surface area (Å²) < 4.78 is 43.7. The number of carbonyl (C=O) groups is 3. The van der Waals surface area contributed by atoms with Crippen molar-refractivity contribution in [2.45, 2.75) is 147 Å². The van der Waals surface area contributed by atoms with E-state index in [-0.39, 0.29) is 42.7 Å². The highest BCUT2D eigenvalue weighted by Crippen LogP contribution is 2.40. The van der Waals surface area contributed by atoms with Gasteiger partial charge in [0.1, 0.15) is 23.8 Å². The van der Waals surface area contributed by atoms with Crippen molar-refractivity contribution >= 4 is 41.6 Å². The minimum atomic E-state index is -1.26. The Morgan fingerprint density at radius 1 is 1.14 bits per heavy atom. The zero-order valence-corrected chi connectivity index (χ0v) is 41.3. The standard InChI is InChI=1S/C44H72N10O9.CH3FS/c1-11-34-44(7)37(54(42(58)63-44)18-13-12-17-53-24-32(50-51-53)29-15-14-16-30(45)19-29)28(5)48-22-25(2)21-43(6,59-10)38(26(3)35(55)27(4)39(57)61-34)62-40-36(56)33(52(8)9)20-31(60-40)23-49-41(46)47;1-3-2/h14-16,19,24-28,31,33-34,36-38,40,48,56H,11-13,17-18,20-23,45H2,1-10H3,(H4,46,47,49);1H3/t25-,26+,27-,28-,31?,33?,34-,36?,37-,38-,40+,43-,44-;/m1./s1. The molecule has 3 aliphatic rings. The summed E-state index contributed by atoms with van der Waals surface area (Å²) in [6.45, 7) is 14.4. The molecule has 3 unspecified atom stereocenters. The van der Waals surface area contributed by atoms with Gasteiger partial charge in [-0.1, -0.05) is 38.1 Å². The van der Waals surface area contributed by atoms with Crippen LogP contribution in [-0.2, 0) is 39.8 Å². The highest BCUT2D eigenvalue weighted by Gasteiger charge is 2.58. The third-order valence-corrected chi connectivity index (χ3v) is 13.2. The Hall–Kier alpha value is -4.12. The monoisotopic (exact) mass is 951 g/mol. The van der Waals surface area contributed by atoms with Crippen LogP contribution in [0.3, 0.4) is 0 Å². The van der Waals surface area contributed by atoms with Gasteiger partial charge in [0.25, 0.3) is 0 Å². The first kappa shape index (κ1) is 54.5. The van der Waals surface area contributed by atoms with E-state index in [1.54, 1.807) is 23.6 Å². The number of fused-ring (bicyclic) bond motifs is 1. The number of aliphatic hydroxyl groups is 1. The zero-order valence-electron chi connectivity index (χ0n) is 40.5. The first-order valence-electron chi connectivity index (χ1n) is 22.8. The number of benzene rings is 1. The number of hydrogen-bond acceptors (Lipinski definition) is 16. The number of methoxy groups -OCH3 is 1. The highest BCUT2D eigenvalue weighted by molar-refractivity contribution is 7.93. The number of rotatable bonds is 13. The van der Waals surface area contributed by atoms with E-state index in [0.29, 0.717) is 57.4 Å². The van der Waals surface area contributed by atoms with Crippen molar-refractivity contribution in [3.8, 4) is 11.3 Å². The number of aliphatic imine (C=N–C) groups is 1. The van der Waals surface area contributed by atoms with Crippen LogP contribution in [0, 0.1) is 17.8 Å². The number of anilines is 1. The summed E-state index contributed by atoms with van der Waals surface area (Å²) in [5, 5.41) is 23.9. The topological polar surface area (TPSA) is 257 Å². The number of aryl methyl sites for hydroxylation is 1. The fourth-order valence-corrected chi connectivity index (χ4v) is 9.67. The Morgan fingerprint density at radius 2 is 1.82 bits per heavy atom. The number of ether oxygens (including phenoxy) is 5. The van der Waals surface area contributed by atoms with Crippen molar-refractivity contribution in [1.29, 1.82) is 0 Å². The number of nitrogens with zero attached hydrogens (tertiary/aromatic N) is 6. The van der Waals surface area contributed by atoms with E-state index >= 15 is 0 Å². The number of esters is 1. The van der Waals surface area contributed by atoms with Crippen LogP contribution in [-0.4, -0.2) is 161 Å². The number of aliphatic hydroxyl groups excluding tert-OH is 1. The Labute approximate surface area is 393 Å². The summed E-state index contributed by atoms with van der Waals surface area (Å²) in [5.41, 5.74) is 17.1. The normalized spacial score (nSPS) is 33.5. The number of ketones is 1. The predicted molar refractivity (Wildman–Crippen MR) is 252 cm³/mol. The summed E-state index contributed by atoms with van der Waals surface area (Å²) in [5.74, 6) is -3.51. The van der Waals surface area contributed by atoms with E-state index in [9.17, 15) is 23.4 Å². The quantitative estimate of drug-likeness (QED) is 0.0478. The summed E-state index contributed by atoms with van der Waals surface area (Å²) in [6.07, 6.45) is 0.561. The van der Waals surface area contributed by atoms with E-state index in [2.05, 4.69) is 27.5 Å². The van der Waals surface area contributed by atoms with Crippen molar-refractivity contribution in [2.24, 2.45) is 34.2 Å². The number of Topliss-reactive ketones (excluding diaryl/α,β-unsaturated/α-hetero) is 1. The molecular formula is C45H75FN10O9S. The lowest BCUT2D eigenvalue weighted by molar-refractivity contribution is -0.296. The number of guanidine groups is 1. The molecule has 8 N–H and O–H groups in total. The van der Waals surface area contributed by atoms with E-state index in [4.69, 9.17) is 40.9 Å². The Morgan fingerprint density at radius 3 is 2.44 bits per heavy atom. The zero-order chi connectivity index (χ0) is 49.1. The van der Waals surface area contributed by atoms with Crippen molar-refractivity contribution in [3.05, 3.63) is 30.5 Å². The number of aromatic nitrogens is 3. The van der Waals surface area contributed by atoms with Gasteiger partial charge in [-0.3, -0.25) is 24.2 Å². The summed E-state index contributed by atoms with van der Waals surface area (Å²) >= 11 is 0.250. The molecule has 1 aromatic heterocycles. The number of nitrogen functional groups attached to an aromatic ring is 1. The molecule has 3 aliphatic heterocycles. The van der Waals surface area contributed by atoms with Crippen LogP contribution in [0.5, 0.6) is 0 Å². The SMILES string of the molecule is CC[C@H]1OC(=O)[C@H](C)C(=O)[C@H](C)[C@@H](O[C@@H]2OC(CN=C(N)N)CC(N(C)C)C2O)[C@](C)(OC)C[C@@H](C)CN[C@H](C)[C@H]2N(CCCCn3cc(-c4cccc(N)c4)nn3)C(=O)O[C@]12C.CSF. The molecule has 372 valence electrons. The molecule has 0 saturated carbocycles. The van der Waals surface area contributed by atoms with Crippen molar-refractivity contribution in [3.63, 3.8) is 0 Å². The highest BCUT2D eigenvalue weighted by atomic mass is 32.2. The lowest BCUT2D eigenvalue weighted by atomic mass is 9.78. The van der Waals surface area contributed by atoms with Crippen molar-refractivity contribution < 1.29 is 47.1 Å². The van der Waals surface area contributed by atoms with Crippen LogP contribution in [0.25, 0.3) is 11.3 Å². The van der Waals surface area contributed by atoms with Crippen LogP contribution in [0.4, 0.5) is 14.4 Å². The molecule has 2 aromatic rings. The number of amides is 1. The van der Waals surface area contributed by atoms with Gasteiger partial charge >= 0.3 is 12.1 Å². The number of nitrogens with two attached hydrogens (primary N) is 3. The smallest absolute Gasteiger partial charge is 0.410 e. The fraction of sp³-hybridized carbons (Fsp3) is 0.733. The largest absolute Gasteiger partial charge is 0.458 e. The van der Waals surface area contributed by atoms with E-state index in [0.717, 1.165) is 11.3 Å². The van der Waals surface area contributed by atoms with Crippen LogP contribution >= 0.6 is 12.1 Å². The third kappa shape index (κ3) is 13.3. The number of carbonyl (C=O) groups excluding carboxylic acids is 3. The first-order chi connectivity index (χ1) is 31.1. The maximum atomic E-state index is 14.5. The van der Waals surface area contributed by atoms with Crippen LogP contribution < -0.4 is 22.5 Å². The van der Waals surface area contributed by atoms with Gasteiger partial charge in [-0.25, -0.2) is 4.79 Å². The molecule has 3 saturated heterocycles. The van der Waals surface area contributed by atoms with Crippen LogP contribution in [0.2, 0.25) is 0 Å². The summed E-state index contributed by atoms with van der Waals surface area (Å²) in [6, 6.07) is 6.22. The van der Waals surface area contributed by atoms with Gasteiger partial charge in [0.2, 0.25) is 0 Å². The van der Waals surface area contributed by atoms with Gasteiger partial charge in [0.05, 0.1) is 36.6 Å². The number of hydrogen-bond donors (Lipinski definition) is 5. The lowest BCUT2D eigenvalue weighted by Crippen LogP contribution is -2.61. The molecular weight excluding hydrogens is 876 g/mol. The molecule has 1 amide bonds. The van der Waals surface area contributed by atoms with E-state index in [1.165, 1.54) is 13.2 Å². The molecule has 66 heavy (non-hydrogen) atoms. The van der Waals surface area contributed by atoms with Gasteiger partial charge in [-0.05, 0) is 98.5 Å². The molecule has 0 aliphatic carbocycles. The van der Waals surface area contributed by atoms with Gasteiger partial charge in [0.15, 0.2) is 23.6 Å². The lowest BCUT2D eigenvalue weighted by Gasteiger charge is -2.47. The number of halogens is 1. The summed E-state index contributed by atoms with van der Waals surface area (Å²) in [4.78, 5) is 50.2. The van der Waals surface area contributed by atoms with Crippen molar-refractivity contribution in [1.82, 2.24) is 30.1 Å². The summed E-state index contributed by atoms with van der Waals surface area (Å²) in [7, 11) is 5.26. The van der Waals surface area contributed by atoms with Gasteiger partial charge in [0, 0.05) is 67.9 Å². The van der Waals surface area contributed by atoms with Crippen LogP contribution in [0.1, 0.15) is 80.6 Å². The number of unbranched alkanes of at least 4 members (excludes halogenated alkanes) is 1. The Bertz CT molecular complexity index is 1930. The Kier molecular flexibility index (Phi) is 20.0. The number of likely N-dealkylation sites (N-methyl/N-ethyl adjacent to an activating group) is 1. The second-order valence-electron chi connectivity index (χ2n) is 18.5. The van der Waals surface area contributed by atoms with Crippen molar-refractivity contribution in [2.75, 3.05) is 52.8 Å². The average molecular weight is 951 g/mol. The van der Waals surface area contributed by atoms with Gasteiger partial charge < -0.3 is 56.2 Å². The molecule has 21 heteroatoms. The second-order valence-corrected chi connectivity index (χ2v) is 18.8. The first-order valence-corrected chi connectivity index (χ1v) is 23.9. The molecule has 19 nitrogen and oxygen atoms in total. The minimum absolute atomic E-state index is 0.0628. The van der Waals surface area contributed by atoms with Crippen LogP contribution in [0.15, 0.2) is 35.5 Å². The van der Waals surface area contributed by atoms with Gasteiger partial charge in [-0.15, -0.1) is 5.10 Å². The molecule has 4 heterocycles. The van der Waals surface area contributed by atoms with E-state index < -0.39 is 77.6 Å². The maximum Gasteiger partial charge on any atom is 0.410 e. The molecule has 3 fully saturated rings. The predicted octanol–water partition coefficient (Wildman–Crippen LogP) is 3.77. The average Bonchev–Trinajstić information content (AvgIpc) is 3.85. The Balaban J connectivity index is 0.00000309. The van der Waals surface area contributed by atoms with Gasteiger partial charge in [-0.2, -0.15) is 3.89 Å². The molecule has 0 radical (unpaired) electrons. The fourth-order valence-electron chi connectivity index (χ4n) is 9.67. The molecule has 0 bridgehead atoms. The maximum absolute atomic E-state index is 14.5. The molecule has 5 rings (SSSR count). The molecule has 0 spiro atoms. The molecule has 13 atom stereocenters. The van der Waals surface area contributed by atoms with E-state index in [1.807, 2.05) is 77.2 Å². The number of cyclic esters (lactones) is 1. The minimum Gasteiger partial charge on any atom is -0.458 e. The second kappa shape index (κ2) is 24.2. The molecule has 1 aromatic carbocycles. The number of nitrogens with one attached hydrogen (secondary N) is 1.